The van der Waals surface area contributed by atoms with Crippen LogP contribution in [0.5, 0.6) is 0 Å². The predicted molar refractivity (Wildman–Crippen MR) is 224 cm³/mol. The van der Waals surface area contributed by atoms with Crippen LogP contribution in [0.1, 0.15) is 0 Å². The van der Waals surface area contributed by atoms with Crippen molar-refractivity contribution in [1.82, 2.24) is 19.9 Å². The van der Waals surface area contributed by atoms with Crippen LogP contribution in [0.15, 0.2) is 182 Å². The zero-order valence-electron chi connectivity index (χ0n) is 29.1. The van der Waals surface area contributed by atoms with Gasteiger partial charge in [-0.15, -0.1) is 0 Å². The Morgan fingerprint density at radius 1 is 0.278 bits per heavy atom. The van der Waals surface area contributed by atoms with Crippen LogP contribution in [0.4, 0.5) is 0 Å². The maximum absolute atomic E-state index is 5.38. The van der Waals surface area contributed by atoms with Crippen molar-refractivity contribution in [2.45, 2.75) is 0 Å². The first-order chi connectivity index (χ1) is 26.7. The van der Waals surface area contributed by atoms with Crippen molar-refractivity contribution in [1.29, 1.82) is 0 Å². The maximum atomic E-state index is 5.38. The molecule has 250 valence electrons. The number of hydrogen-bond acceptors (Lipinski definition) is 4. The van der Waals surface area contributed by atoms with Gasteiger partial charge in [0.2, 0.25) is 0 Å². The predicted octanol–water partition coefficient (Wildman–Crippen LogP) is 12.9. The van der Waals surface area contributed by atoms with Crippen LogP contribution in [0.25, 0.3) is 110 Å². The molecular formula is C50H30N4. The summed E-state index contributed by atoms with van der Waals surface area (Å²) in [7, 11) is 0. The molecule has 0 aliphatic heterocycles. The minimum Gasteiger partial charge on any atom is -0.247 e. The topological polar surface area (TPSA) is 51.6 Å². The molecule has 0 N–H and O–H groups in total. The van der Waals surface area contributed by atoms with Crippen molar-refractivity contribution in [3.8, 4) is 45.2 Å². The molecule has 4 aromatic heterocycles. The highest BCUT2D eigenvalue weighted by Crippen LogP contribution is 2.43. The molecular weight excluding hydrogens is 657 g/mol. The molecule has 0 aliphatic rings. The van der Waals surface area contributed by atoms with Gasteiger partial charge in [0, 0.05) is 32.5 Å². The average Bonchev–Trinajstić information content (AvgIpc) is 3.25. The smallest absolute Gasteiger partial charge is 0.0900 e. The Hall–Kier alpha value is -7.30. The van der Waals surface area contributed by atoms with Crippen LogP contribution >= 0.6 is 0 Å². The van der Waals surface area contributed by atoms with E-state index in [0.29, 0.717) is 0 Å². The normalized spacial score (nSPS) is 11.7. The fourth-order valence-corrected chi connectivity index (χ4v) is 7.98. The molecule has 54 heavy (non-hydrogen) atoms. The van der Waals surface area contributed by atoms with E-state index in [9.17, 15) is 0 Å². The number of benzene rings is 7. The number of rotatable bonds is 4. The van der Waals surface area contributed by atoms with Gasteiger partial charge < -0.3 is 0 Å². The largest absolute Gasteiger partial charge is 0.247 e. The minimum absolute atomic E-state index is 0.791. The van der Waals surface area contributed by atoms with Crippen molar-refractivity contribution in [3.05, 3.63) is 182 Å². The molecule has 11 rings (SSSR count). The molecule has 0 bridgehead atoms. The van der Waals surface area contributed by atoms with Gasteiger partial charge in [0.1, 0.15) is 0 Å². The molecule has 0 fully saturated rings. The van der Waals surface area contributed by atoms with Gasteiger partial charge in [0.05, 0.1) is 45.0 Å². The van der Waals surface area contributed by atoms with Gasteiger partial charge in [-0.1, -0.05) is 127 Å². The van der Waals surface area contributed by atoms with Gasteiger partial charge in [0.15, 0.2) is 0 Å². The highest BCUT2D eigenvalue weighted by molar-refractivity contribution is 6.25. The third kappa shape index (κ3) is 5.00. The Morgan fingerprint density at radius 3 is 1.50 bits per heavy atom. The summed E-state index contributed by atoms with van der Waals surface area (Å²) in [6.45, 7) is 0. The molecule has 0 spiro atoms. The van der Waals surface area contributed by atoms with Gasteiger partial charge >= 0.3 is 0 Å². The summed E-state index contributed by atoms with van der Waals surface area (Å²) in [6, 6.07) is 63.9. The molecule has 0 amide bonds. The SMILES string of the molecule is c1ccc2cc(-c3nc4ccccc4c4c3cc(-c3cc(-c5ccc6ccccc6n5)nc(-c5ccc6ccccc6n5)c3)c3ccccc34)ccc2c1. The first kappa shape index (κ1) is 30.3. The van der Waals surface area contributed by atoms with Crippen LogP contribution in [0.3, 0.4) is 0 Å². The van der Waals surface area contributed by atoms with Crippen molar-refractivity contribution < 1.29 is 0 Å². The van der Waals surface area contributed by atoms with Gasteiger partial charge in [-0.3, -0.25) is 0 Å². The fourth-order valence-electron chi connectivity index (χ4n) is 7.98. The number of para-hydroxylation sites is 3. The molecule has 4 heterocycles. The van der Waals surface area contributed by atoms with E-state index >= 15 is 0 Å². The molecule has 4 nitrogen and oxygen atoms in total. The van der Waals surface area contributed by atoms with Gasteiger partial charge in [0.25, 0.3) is 0 Å². The molecule has 11 aromatic rings. The molecule has 7 aromatic carbocycles. The number of aromatic nitrogens is 4. The first-order valence-corrected chi connectivity index (χ1v) is 18.2. The average molecular weight is 687 g/mol. The monoisotopic (exact) mass is 686 g/mol. The second kappa shape index (κ2) is 12.1. The molecule has 0 aliphatic carbocycles. The van der Waals surface area contributed by atoms with E-state index in [4.69, 9.17) is 19.9 Å². The summed E-state index contributed by atoms with van der Waals surface area (Å²) in [5.41, 5.74) is 10.2. The van der Waals surface area contributed by atoms with Crippen LogP contribution in [0, 0.1) is 0 Å². The number of hydrogen-bond donors (Lipinski definition) is 0. The lowest BCUT2D eigenvalue weighted by Crippen LogP contribution is -1.96. The summed E-state index contributed by atoms with van der Waals surface area (Å²) < 4.78 is 0. The Bertz CT molecular complexity index is 3200. The van der Waals surface area contributed by atoms with E-state index < -0.39 is 0 Å². The second-order valence-corrected chi connectivity index (χ2v) is 13.8. The van der Waals surface area contributed by atoms with E-state index in [2.05, 4.69) is 158 Å². The molecule has 0 saturated heterocycles. The van der Waals surface area contributed by atoms with Crippen LogP contribution < -0.4 is 0 Å². The molecule has 0 unspecified atom stereocenters. The van der Waals surface area contributed by atoms with Crippen molar-refractivity contribution in [2.75, 3.05) is 0 Å². The number of fused-ring (bicyclic) bond motifs is 8. The lowest BCUT2D eigenvalue weighted by atomic mass is 9.89. The van der Waals surface area contributed by atoms with E-state index in [1.54, 1.807) is 0 Å². The van der Waals surface area contributed by atoms with Crippen molar-refractivity contribution >= 4 is 65.0 Å². The zero-order chi connectivity index (χ0) is 35.6. The van der Waals surface area contributed by atoms with Crippen molar-refractivity contribution in [3.63, 3.8) is 0 Å². The summed E-state index contributed by atoms with van der Waals surface area (Å²) in [4.78, 5) is 20.8. The van der Waals surface area contributed by atoms with E-state index in [0.717, 1.165) is 88.6 Å². The molecule has 4 heteroatoms. The Kier molecular flexibility index (Phi) is 6.82. The standard InChI is InChI=1S/C50H30N4/c1-2-14-34-27-35(22-21-31(34)11-1)50-41-30-40(37-15-5-6-16-38(37)49(41)39-17-7-10-20-44(39)54-50)36-28-47(45-25-23-32-12-3-8-18-42(32)51-45)53-48(29-36)46-26-24-33-13-4-9-19-43(33)52-46/h1-30H. The summed E-state index contributed by atoms with van der Waals surface area (Å²) in [5.74, 6) is 0. The quantitative estimate of drug-likeness (QED) is 0.173. The molecule has 0 saturated carbocycles. The molecule has 0 atom stereocenters. The number of pyridine rings is 4. The number of nitrogens with zero attached hydrogens (tertiary/aromatic N) is 4. The minimum atomic E-state index is 0.791. The summed E-state index contributed by atoms with van der Waals surface area (Å²) in [5, 5.41) is 10.4. The lowest BCUT2D eigenvalue weighted by Gasteiger charge is -2.17. The third-order valence-electron chi connectivity index (χ3n) is 10.6. The van der Waals surface area contributed by atoms with E-state index in [1.807, 2.05) is 24.3 Å². The van der Waals surface area contributed by atoms with Gasteiger partial charge in [-0.2, -0.15) is 0 Å². The highest BCUT2D eigenvalue weighted by atomic mass is 14.8. The summed E-state index contributed by atoms with van der Waals surface area (Å²) >= 11 is 0. The first-order valence-electron chi connectivity index (χ1n) is 18.2. The van der Waals surface area contributed by atoms with Crippen LogP contribution in [-0.4, -0.2) is 19.9 Å². The maximum Gasteiger partial charge on any atom is 0.0900 e. The fraction of sp³-hybridized carbons (Fsp3) is 0. The molecule has 0 radical (unpaired) electrons. The zero-order valence-corrected chi connectivity index (χ0v) is 29.1. The van der Waals surface area contributed by atoms with Gasteiger partial charge in [-0.25, -0.2) is 19.9 Å². The third-order valence-corrected chi connectivity index (χ3v) is 10.6. The van der Waals surface area contributed by atoms with Crippen LogP contribution in [0.2, 0.25) is 0 Å². The van der Waals surface area contributed by atoms with Crippen molar-refractivity contribution in [2.24, 2.45) is 0 Å². The summed E-state index contributed by atoms with van der Waals surface area (Å²) in [6.07, 6.45) is 0. The van der Waals surface area contributed by atoms with Crippen LogP contribution in [-0.2, 0) is 0 Å². The van der Waals surface area contributed by atoms with Gasteiger partial charge in [-0.05, 0) is 87.3 Å². The van der Waals surface area contributed by atoms with E-state index in [-0.39, 0.29) is 0 Å². The lowest BCUT2D eigenvalue weighted by molar-refractivity contribution is 1.25. The van der Waals surface area contributed by atoms with E-state index in [1.165, 1.54) is 21.5 Å². The highest BCUT2D eigenvalue weighted by Gasteiger charge is 2.19. The Labute approximate surface area is 311 Å². The second-order valence-electron chi connectivity index (χ2n) is 13.8. The Morgan fingerprint density at radius 2 is 0.815 bits per heavy atom. The Balaban J connectivity index is 1.23.